The number of aromatic nitrogens is 3. The maximum absolute atomic E-state index is 12.1. The molecule has 0 bridgehead atoms. The Labute approximate surface area is 130 Å². The van der Waals surface area contributed by atoms with E-state index in [0.717, 1.165) is 21.5 Å². The van der Waals surface area contributed by atoms with E-state index in [0.29, 0.717) is 5.13 Å². The molecule has 0 aliphatic carbocycles. The molecule has 2 aromatic carbocycles. The van der Waals surface area contributed by atoms with Crippen molar-refractivity contribution in [1.82, 2.24) is 14.8 Å². The molecule has 5 heteroatoms. The van der Waals surface area contributed by atoms with Crippen LogP contribution < -0.4 is 5.56 Å². The Bertz CT molecular complexity index is 972. The van der Waals surface area contributed by atoms with Crippen molar-refractivity contribution in [2.24, 2.45) is 0 Å². The summed E-state index contributed by atoms with van der Waals surface area (Å²) in [5.74, 6) is 0. The SMILES string of the molecule is O=c1ccc(-c2ccccc2)nn1-c1nc2ccccc2s1. The quantitative estimate of drug-likeness (QED) is 0.569. The summed E-state index contributed by atoms with van der Waals surface area (Å²) < 4.78 is 2.41. The maximum atomic E-state index is 12.1. The van der Waals surface area contributed by atoms with E-state index in [2.05, 4.69) is 10.1 Å². The molecule has 0 atom stereocenters. The lowest BCUT2D eigenvalue weighted by Crippen LogP contribution is -2.20. The van der Waals surface area contributed by atoms with Gasteiger partial charge in [-0.3, -0.25) is 4.79 Å². The highest BCUT2D eigenvalue weighted by Crippen LogP contribution is 2.23. The third-order valence-electron chi connectivity index (χ3n) is 3.33. The van der Waals surface area contributed by atoms with Gasteiger partial charge in [-0.25, -0.2) is 4.98 Å². The van der Waals surface area contributed by atoms with Crippen molar-refractivity contribution in [1.29, 1.82) is 0 Å². The zero-order valence-corrected chi connectivity index (χ0v) is 12.3. The standard InChI is InChI=1S/C17H11N3OS/c21-16-11-10-13(12-6-2-1-3-7-12)19-20(16)17-18-14-8-4-5-9-15(14)22-17/h1-11H. The first-order valence-corrected chi connectivity index (χ1v) is 7.65. The average Bonchev–Trinajstić information content (AvgIpc) is 3.00. The molecular formula is C17H11N3OS. The lowest BCUT2D eigenvalue weighted by Gasteiger charge is -2.03. The first-order valence-electron chi connectivity index (χ1n) is 6.83. The number of hydrogen-bond acceptors (Lipinski definition) is 4. The molecule has 0 spiro atoms. The van der Waals surface area contributed by atoms with Crippen molar-refractivity contribution in [3.05, 3.63) is 77.1 Å². The van der Waals surface area contributed by atoms with E-state index in [1.165, 1.54) is 22.1 Å². The zero-order valence-electron chi connectivity index (χ0n) is 11.5. The van der Waals surface area contributed by atoms with Gasteiger partial charge in [0, 0.05) is 11.6 Å². The van der Waals surface area contributed by atoms with Crippen LogP contribution in [0.3, 0.4) is 0 Å². The van der Waals surface area contributed by atoms with Gasteiger partial charge >= 0.3 is 0 Å². The van der Waals surface area contributed by atoms with E-state index in [1.807, 2.05) is 54.6 Å². The first-order chi connectivity index (χ1) is 10.8. The number of benzene rings is 2. The molecule has 2 aromatic heterocycles. The van der Waals surface area contributed by atoms with Crippen molar-refractivity contribution >= 4 is 21.6 Å². The van der Waals surface area contributed by atoms with Gasteiger partial charge in [0.2, 0.25) is 5.13 Å². The Morgan fingerprint density at radius 3 is 2.45 bits per heavy atom. The lowest BCUT2D eigenvalue weighted by atomic mass is 10.1. The van der Waals surface area contributed by atoms with Crippen LogP contribution in [0.5, 0.6) is 0 Å². The molecule has 22 heavy (non-hydrogen) atoms. The Kier molecular flexibility index (Phi) is 3.05. The summed E-state index contributed by atoms with van der Waals surface area (Å²) in [5, 5.41) is 5.05. The van der Waals surface area contributed by atoms with Crippen molar-refractivity contribution in [2.75, 3.05) is 0 Å². The normalized spacial score (nSPS) is 10.9. The molecule has 0 amide bonds. The van der Waals surface area contributed by atoms with Gasteiger partial charge in [0.25, 0.3) is 5.56 Å². The monoisotopic (exact) mass is 305 g/mol. The number of rotatable bonds is 2. The molecule has 0 N–H and O–H groups in total. The van der Waals surface area contributed by atoms with Gasteiger partial charge in [0.05, 0.1) is 15.9 Å². The Hall–Kier alpha value is -2.79. The van der Waals surface area contributed by atoms with Crippen LogP contribution in [-0.2, 0) is 0 Å². The van der Waals surface area contributed by atoms with Gasteiger partial charge in [0.1, 0.15) is 0 Å². The maximum Gasteiger partial charge on any atom is 0.273 e. The second-order valence-corrected chi connectivity index (χ2v) is 5.81. The summed E-state index contributed by atoms with van der Waals surface area (Å²) in [7, 11) is 0. The van der Waals surface area contributed by atoms with Crippen LogP contribution in [0.15, 0.2) is 71.5 Å². The number of fused-ring (bicyclic) bond motifs is 1. The molecule has 0 unspecified atom stereocenters. The van der Waals surface area contributed by atoms with Crippen LogP contribution in [0.25, 0.3) is 26.6 Å². The van der Waals surface area contributed by atoms with Gasteiger partial charge in [-0.15, -0.1) is 0 Å². The summed E-state index contributed by atoms with van der Waals surface area (Å²) in [6, 6.07) is 20.9. The largest absolute Gasteiger partial charge is 0.273 e. The fourth-order valence-electron chi connectivity index (χ4n) is 2.26. The van der Waals surface area contributed by atoms with E-state index in [1.54, 1.807) is 6.07 Å². The molecule has 0 radical (unpaired) electrons. The molecule has 0 aliphatic rings. The topological polar surface area (TPSA) is 47.8 Å². The highest BCUT2D eigenvalue weighted by Gasteiger charge is 2.09. The van der Waals surface area contributed by atoms with Crippen LogP contribution >= 0.6 is 11.3 Å². The minimum Gasteiger partial charge on any atom is -0.267 e. The highest BCUT2D eigenvalue weighted by molar-refractivity contribution is 7.20. The van der Waals surface area contributed by atoms with E-state index in [-0.39, 0.29) is 5.56 Å². The minimum atomic E-state index is -0.182. The van der Waals surface area contributed by atoms with Crippen LogP contribution in [0, 0.1) is 0 Å². The van der Waals surface area contributed by atoms with Crippen LogP contribution in [-0.4, -0.2) is 14.8 Å². The van der Waals surface area contributed by atoms with Crippen molar-refractivity contribution in [2.45, 2.75) is 0 Å². The van der Waals surface area contributed by atoms with E-state index in [4.69, 9.17) is 0 Å². The summed E-state index contributed by atoms with van der Waals surface area (Å²) >= 11 is 1.46. The number of thiazole rings is 1. The van der Waals surface area contributed by atoms with Gasteiger partial charge in [-0.2, -0.15) is 9.78 Å². The third kappa shape index (κ3) is 2.21. The summed E-state index contributed by atoms with van der Waals surface area (Å²) in [6.07, 6.45) is 0. The molecule has 2 heterocycles. The Morgan fingerprint density at radius 2 is 1.64 bits per heavy atom. The predicted molar refractivity (Wildman–Crippen MR) is 88.4 cm³/mol. The smallest absolute Gasteiger partial charge is 0.267 e. The number of para-hydroxylation sites is 1. The van der Waals surface area contributed by atoms with Crippen LogP contribution in [0.4, 0.5) is 0 Å². The van der Waals surface area contributed by atoms with Crippen molar-refractivity contribution < 1.29 is 0 Å². The molecule has 0 aliphatic heterocycles. The number of hydrogen-bond donors (Lipinski definition) is 0. The first kappa shape index (κ1) is 12.9. The van der Waals surface area contributed by atoms with E-state index >= 15 is 0 Å². The van der Waals surface area contributed by atoms with Crippen LogP contribution in [0.2, 0.25) is 0 Å². The summed E-state index contributed by atoms with van der Waals surface area (Å²) in [6.45, 7) is 0. The van der Waals surface area contributed by atoms with Crippen molar-refractivity contribution in [3.63, 3.8) is 0 Å². The molecule has 4 rings (SSSR count). The zero-order chi connectivity index (χ0) is 14.9. The van der Waals surface area contributed by atoms with E-state index in [9.17, 15) is 4.79 Å². The van der Waals surface area contributed by atoms with Gasteiger partial charge in [0.15, 0.2) is 0 Å². The molecule has 0 saturated carbocycles. The van der Waals surface area contributed by atoms with Crippen molar-refractivity contribution in [3.8, 4) is 16.4 Å². The fraction of sp³-hybridized carbons (Fsp3) is 0. The molecule has 0 saturated heterocycles. The van der Waals surface area contributed by atoms with E-state index < -0.39 is 0 Å². The summed E-state index contributed by atoms with van der Waals surface area (Å²) in [4.78, 5) is 16.6. The second-order valence-electron chi connectivity index (χ2n) is 4.80. The molecular weight excluding hydrogens is 294 g/mol. The molecule has 106 valence electrons. The van der Waals surface area contributed by atoms with Gasteiger partial charge < -0.3 is 0 Å². The highest BCUT2D eigenvalue weighted by atomic mass is 32.1. The van der Waals surface area contributed by atoms with Gasteiger partial charge in [-0.1, -0.05) is 53.8 Å². The third-order valence-corrected chi connectivity index (χ3v) is 4.35. The number of nitrogens with zero attached hydrogens (tertiary/aromatic N) is 3. The van der Waals surface area contributed by atoms with Crippen LogP contribution in [0.1, 0.15) is 0 Å². The summed E-state index contributed by atoms with van der Waals surface area (Å²) in [5.41, 5.74) is 2.41. The second kappa shape index (κ2) is 5.20. The minimum absolute atomic E-state index is 0.182. The fourth-order valence-corrected chi connectivity index (χ4v) is 3.18. The average molecular weight is 305 g/mol. The van der Waals surface area contributed by atoms with Gasteiger partial charge in [-0.05, 0) is 18.2 Å². The Morgan fingerprint density at radius 1 is 0.864 bits per heavy atom. The molecule has 0 fully saturated rings. The molecule has 4 nitrogen and oxygen atoms in total. The Balaban J connectivity index is 1.89. The molecule has 4 aromatic rings. The predicted octanol–water partition coefficient (Wildman–Crippen LogP) is 3.51. The lowest BCUT2D eigenvalue weighted by molar-refractivity contribution is 0.807.